The number of benzene rings is 1. The van der Waals surface area contributed by atoms with Crippen molar-refractivity contribution < 1.29 is 13.2 Å². The average molecular weight is 280 g/mol. The van der Waals surface area contributed by atoms with Gasteiger partial charge in [0.25, 0.3) is 0 Å². The van der Waals surface area contributed by atoms with Gasteiger partial charge in [-0.3, -0.25) is 4.79 Å². The van der Waals surface area contributed by atoms with Crippen LogP contribution in [-0.4, -0.2) is 49.4 Å². The summed E-state index contributed by atoms with van der Waals surface area (Å²) in [6.45, 7) is 1.01. The van der Waals surface area contributed by atoms with Gasteiger partial charge in [0.1, 0.15) is 0 Å². The lowest BCUT2D eigenvalue weighted by atomic mass is 9.91. The Morgan fingerprint density at radius 2 is 2.00 bits per heavy atom. The zero-order valence-electron chi connectivity index (χ0n) is 10.7. The molecule has 1 saturated heterocycles. The molecule has 0 spiro atoms. The third kappa shape index (κ3) is 2.15. The summed E-state index contributed by atoms with van der Waals surface area (Å²) in [6, 6.07) is 7.82. The van der Waals surface area contributed by atoms with Gasteiger partial charge in [-0.25, -0.2) is 8.42 Å². The second kappa shape index (κ2) is 4.31. The molecule has 0 aliphatic carbocycles. The van der Waals surface area contributed by atoms with Crippen LogP contribution >= 0.6 is 0 Å². The van der Waals surface area contributed by atoms with E-state index in [0.717, 1.165) is 18.2 Å². The van der Waals surface area contributed by atoms with Crippen molar-refractivity contribution in [2.24, 2.45) is 0 Å². The molecule has 0 unspecified atom stereocenters. The minimum Gasteiger partial charge on any atom is -0.333 e. The molecule has 0 bridgehead atoms. The largest absolute Gasteiger partial charge is 0.333 e. The molecule has 0 radical (unpaired) electrons. The highest BCUT2D eigenvalue weighted by atomic mass is 32.2. The van der Waals surface area contributed by atoms with Crippen LogP contribution in [0.1, 0.15) is 17.2 Å². The van der Waals surface area contributed by atoms with Crippen molar-refractivity contribution in [3.63, 3.8) is 0 Å². The Bertz CT molecular complexity index is 627. The van der Waals surface area contributed by atoms with Gasteiger partial charge < -0.3 is 4.90 Å². The Kier molecular flexibility index (Phi) is 2.87. The van der Waals surface area contributed by atoms with E-state index < -0.39 is 10.0 Å². The highest BCUT2D eigenvalue weighted by Crippen LogP contribution is 2.33. The quantitative estimate of drug-likeness (QED) is 0.747. The maximum Gasteiger partial charge on any atom is 0.238 e. The molecule has 6 heteroatoms. The van der Waals surface area contributed by atoms with Gasteiger partial charge in [-0.15, -0.1) is 0 Å². The topological polar surface area (TPSA) is 57.7 Å². The molecule has 0 aromatic heterocycles. The fraction of sp³-hybridized carbons (Fsp3) is 0.462. The second-order valence-electron chi connectivity index (χ2n) is 5.11. The molecule has 1 aromatic carbocycles. The molecule has 2 heterocycles. The van der Waals surface area contributed by atoms with Crippen LogP contribution in [0.4, 0.5) is 0 Å². The van der Waals surface area contributed by atoms with Crippen LogP contribution in [0.15, 0.2) is 24.3 Å². The highest BCUT2D eigenvalue weighted by Gasteiger charge is 2.39. The molecule has 102 valence electrons. The highest BCUT2D eigenvalue weighted by molar-refractivity contribution is 7.88. The van der Waals surface area contributed by atoms with E-state index in [-0.39, 0.29) is 18.5 Å². The van der Waals surface area contributed by atoms with E-state index in [4.69, 9.17) is 0 Å². The lowest BCUT2D eigenvalue weighted by molar-refractivity contribution is -0.138. The van der Waals surface area contributed by atoms with Crippen LogP contribution in [-0.2, 0) is 21.2 Å². The van der Waals surface area contributed by atoms with Gasteiger partial charge in [0.15, 0.2) is 0 Å². The number of fused-ring (bicyclic) bond motifs is 3. The summed E-state index contributed by atoms with van der Waals surface area (Å²) in [5.74, 6) is -0.101. The number of sulfonamides is 1. The zero-order chi connectivity index (χ0) is 13.6. The number of nitrogens with zero attached hydrogens (tertiary/aromatic N) is 2. The van der Waals surface area contributed by atoms with Crippen LogP contribution < -0.4 is 0 Å². The van der Waals surface area contributed by atoms with Crippen LogP contribution in [0.3, 0.4) is 0 Å². The van der Waals surface area contributed by atoms with E-state index in [0.29, 0.717) is 13.1 Å². The molecule has 0 saturated carbocycles. The number of piperazine rings is 1. The minimum atomic E-state index is -3.33. The molecular formula is C13H16N2O3S. The van der Waals surface area contributed by atoms with Gasteiger partial charge in [-0.05, 0) is 17.5 Å². The maximum absolute atomic E-state index is 12.1. The first kappa shape index (κ1) is 12.6. The summed E-state index contributed by atoms with van der Waals surface area (Å²) >= 11 is 0. The lowest BCUT2D eigenvalue weighted by Gasteiger charge is -2.43. The minimum absolute atomic E-state index is 0.0303. The standard InChI is InChI=1S/C13H16N2O3S/c1-19(17,18)14-8-12-11-5-3-2-4-10(11)6-7-15(12)13(16)9-14/h2-5,12H,6-9H2,1H3/t12-/m0/s1. The molecule has 2 aliphatic heterocycles. The summed E-state index contributed by atoms with van der Waals surface area (Å²) in [5.41, 5.74) is 2.29. The fourth-order valence-corrected chi connectivity index (χ4v) is 3.66. The average Bonchev–Trinajstić information content (AvgIpc) is 2.37. The third-order valence-electron chi connectivity index (χ3n) is 3.89. The van der Waals surface area contributed by atoms with Crippen LogP contribution in [0.5, 0.6) is 0 Å². The number of hydrogen-bond acceptors (Lipinski definition) is 3. The van der Waals surface area contributed by atoms with Crippen molar-refractivity contribution in [3.8, 4) is 0 Å². The van der Waals surface area contributed by atoms with Crippen molar-refractivity contribution in [3.05, 3.63) is 35.4 Å². The van der Waals surface area contributed by atoms with Gasteiger partial charge >= 0.3 is 0 Å². The van der Waals surface area contributed by atoms with E-state index in [9.17, 15) is 13.2 Å². The van der Waals surface area contributed by atoms with Gasteiger partial charge in [0.2, 0.25) is 15.9 Å². The summed E-state index contributed by atoms with van der Waals surface area (Å²) in [5, 5.41) is 0. The lowest BCUT2D eigenvalue weighted by Crippen LogP contribution is -2.55. The summed E-state index contributed by atoms with van der Waals surface area (Å²) in [6.07, 6.45) is 2.00. The van der Waals surface area contributed by atoms with Gasteiger partial charge in [0, 0.05) is 13.1 Å². The normalized spacial score (nSPS) is 23.9. The molecule has 3 rings (SSSR count). The monoisotopic (exact) mass is 280 g/mol. The van der Waals surface area contributed by atoms with Gasteiger partial charge in [-0.1, -0.05) is 24.3 Å². The molecule has 2 aliphatic rings. The summed E-state index contributed by atoms with van der Waals surface area (Å²) in [7, 11) is -3.33. The third-order valence-corrected chi connectivity index (χ3v) is 5.11. The van der Waals surface area contributed by atoms with Crippen molar-refractivity contribution >= 4 is 15.9 Å². The van der Waals surface area contributed by atoms with E-state index in [1.54, 1.807) is 0 Å². The maximum atomic E-state index is 12.1. The molecule has 1 fully saturated rings. The van der Waals surface area contributed by atoms with Crippen LogP contribution in [0.25, 0.3) is 0 Å². The Morgan fingerprint density at radius 1 is 1.26 bits per heavy atom. The van der Waals surface area contributed by atoms with Crippen molar-refractivity contribution in [2.75, 3.05) is 25.9 Å². The molecule has 1 aromatic rings. The Labute approximate surface area is 112 Å². The van der Waals surface area contributed by atoms with E-state index >= 15 is 0 Å². The zero-order valence-corrected chi connectivity index (χ0v) is 11.6. The SMILES string of the molecule is CS(=O)(=O)N1CC(=O)N2CCc3ccccc3[C@@H]2C1. The number of hydrogen-bond donors (Lipinski definition) is 0. The predicted octanol–water partition coefficient (Wildman–Crippen LogP) is 0.388. The molecular weight excluding hydrogens is 264 g/mol. The number of rotatable bonds is 1. The first-order valence-electron chi connectivity index (χ1n) is 6.29. The van der Waals surface area contributed by atoms with Crippen molar-refractivity contribution in [2.45, 2.75) is 12.5 Å². The van der Waals surface area contributed by atoms with E-state index in [2.05, 4.69) is 6.07 Å². The predicted molar refractivity (Wildman–Crippen MR) is 71.0 cm³/mol. The summed E-state index contributed by atoms with van der Waals surface area (Å²) in [4.78, 5) is 13.9. The van der Waals surface area contributed by atoms with Crippen molar-refractivity contribution in [1.82, 2.24) is 9.21 Å². The van der Waals surface area contributed by atoms with E-state index in [1.807, 2.05) is 23.1 Å². The van der Waals surface area contributed by atoms with Crippen LogP contribution in [0, 0.1) is 0 Å². The molecule has 1 atom stereocenters. The molecule has 1 amide bonds. The second-order valence-corrected chi connectivity index (χ2v) is 7.09. The van der Waals surface area contributed by atoms with Crippen molar-refractivity contribution in [1.29, 1.82) is 0 Å². The van der Waals surface area contributed by atoms with Gasteiger partial charge in [-0.2, -0.15) is 4.31 Å². The number of amides is 1. The van der Waals surface area contributed by atoms with Crippen LogP contribution in [0.2, 0.25) is 0 Å². The fourth-order valence-electron chi connectivity index (χ4n) is 2.90. The summed E-state index contributed by atoms with van der Waals surface area (Å²) < 4.78 is 24.6. The molecule has 5 nitrogen and oxygen atoms in total. The number of carbonyl (C=O) groups excluding carboxylic acids is 1. The Morgan fingerprint density at radius 3 is 2.74 bits per heavy atom. The number of carbonyl (C=O) groups is 1. The first-order valence-corrected chi connectivity index (χ1v) is 8.14. The smallest absolute Gasteiger partial charge is 0.238 e. The molecule has 0 N–H and O–H groups in total. The Balaban J connectivity index is 2.00. The Hall–Kier alpha value is -1.40. The molecule has 19 heavy (non-hydrogen) atoms. The van der Waals surface area contributed by atoms with Gasteiger partial charge in [0.05, 0.1) is 18.8 Å². The van der Waals surface area contributed by atoms with E-state index in [1.165, 1.54) is 9.87 Å². The first-order chi connectivity index (χ1) is 8.97.